The zero-order valence-electron chi connectivity index (χ0n) is 13.0. The van der Waals surface area contributed by atoms with Crippen LogP contribution in [0.2, 0.25) is 0 Å². The average molecular weight is 454 g/mol. The lowest BCUT2D eigenvalue weighted by Crippen LogP contribution is -2.50. The van der Waals surface area contributed by atoms with E-state index in [1.165, 1.54) is 0 Å². The minimum absolute atomic E-state index is 0.373. The zero-order valence-corrected chi connectivity index (χ0v) is 16.2. The fourth-order valence-electron chi connectivity index (χ4n) is 3.60. The second-order valence-corrected chi connectivity index (χ2v) is 7.68. The van der Waals surface area contributed by atoms with Crippen LogP contribution in [0, 0.1) is 13.8 Å². The molecule has 2 aromatic rings. The van der Waals surface area contributed by atoms with Gasteiger partial charge in [0.2, 0.25) is 4.62 Å². The quantitative estimate of drug-likeness (QED) is 0.522. The van der Waals surface area contributed by atoms with Gasteiger partial charge < -0.3 is 17.6 Å². The summed E-state index contributed by atoms with van der Waals surface area (Å²) in [5.41, 5.74) is 5.02. The molecule has 0 atom stereocenters. The summed E-state index contributed by atoms with van der Waals surface area (Å²) in [7, 11) is 0. The Hall–Kier alpha value is -1.47. The summed E-state index contributed by atoms with van der Waals surface area (Å²) in [6.07, 6.45) is 3.43. The lowest BCUT2D eigenvalue weighted by molar-refractivity contribution is -0.358. The van der Waals surface area contributed by atoms with Crippen LogP contribution in [0.25, 0.3) is 5.57 Å². The lowest BCUT2D eigenvalue weighted by atomic mass is 9.84. The van der Waals surface area contributed by atoms with Gasteiger partial charge in [-0.2, -0.15) is 0 Å². The molecule has 0 saturated heterocycles. The SMILES string of the molecule is Cc1cccc(C)c1C1=C2C=CC(Br)=[N+]2[B-](F)(F)n2c(Br)ccc21. The first-order valence-corrected chi connectivity index (χ1v) is 9.13. The molecule has 0 aliphatic carbocycles. The molecule has 4 rings (SSSR count). The van der Waals surface area contributed by atoms with Crippen LogP contribution < -0.4 is 0 Å². The molecule has 1 aromatic heterocycles. The van der Waals surface area contributed by atoms with Crippen molar-refractivity contribution in [2.45, 2.75) is 13.8 Å². The first-order chi connectivity index (χ1) is 11.3. The second kappa shape index (κ2) is 5.26. The maximum Gasteiger partial charge on any atom is 0.738 e. The van der Waals surface area contributed by atoms with Crippen LogP contribution >= 0.6 is 31.9 Å². The third kappa shape index (κ3) is 2.00. The largest absolute Gasteiger partial charge is 0.738 e. The third-order valence-corrected chi connectivity index (χ3v) is 5.89. The average Bonchev–Trinajstić information content (AvgIpc) is 3.07. The monoisotopic (exact) mass is 452 g/mol. The van der Waals surface area contributed by atoms with Crippen LogP contribution in [0.3, 0.4) is 0 Å². The van der Waals surface area contributed by atoms with Crippen LogP contribution in [0.5, 0.6) is 0 Å². The van der Waals surface area contributed by atoms with E-state index < -0.39 is 6.97 Å². The Balaban J connectivity index is 2.17. The van der Waals surface area contributed by atoms with Crippen molar-refractivity contribution in [3.63, 3.8) is 0 Å². The molecule has 0 unspecified atom stereocenters. The molecule has 0 spiro atoms. The molecule has 2 aliphatic heterocycles. The van der Waals surface area contributed by atoms with E-state index in [2.05, 4.69) is 31.9 Å². The predicted octanol–water partition coefficient (Wildman–Crippen LogP) is 5.24. The fraction of sp³-hybridized carbons (Fsp3) is 0.118. The maximum absolute atomic E-state index is 15.2. The minimum Gasteiger partial charge on any atom is -0.389 e. The van der Waals surface area contributed by atoms with Gasteiger partial charge >= 0.3 is 6.97 Å². The van der Waals surface area contributed by atoms with Crippen molar-refractivity contribution < 1.29 is 13.1 Å². The third-order valence-electron chi connectivity index (χ3n) is 4.60. The van der Waals surface area contributed by atoms with Crippen molar-refractivity contribution >= 4 is 49.0 Å². The number of hydrogen-bond acceptors (Lipinski definition) is 0. The zero-order chi connectivity index (χ0) is 17.2. The van der Waals surface area contributed by atoms with Crippen molar-refractivity contribution in [1.82, 2.24) is 4.48 Å². The van der Waals surface area contributed by atoms with E-state index in [1.54, 1.807) is 24.3 Å². The summed E-state index contributed by atoms with van der Waals surface area (Å²) in [6, 6.07) is 9.44. The van der Waals surface area contributed by atoms with E-state index in [-0.39, 0.29) is 0 Å². The van der Waals surface area contributed by atoms with E-state index in [0.29, 0.717) is 20.6 Å². The van der Waals surface area contributed by atoms with Crippen LogP contribution in [0.4, 0.5) is 8.63 Å². The first kappa shape index (κ1) is 16.0. The molecule has 0 amide bonds. The van der Waals surface area contributed by atoms with E-state index in [1.807, 2.05) is 32.0 Å². The van der Waals surface area contributed by atoms with Gasteiger partial charge in [-0.05, 0) is 58.6 Å². The summed E-state index contributed by atoms with van der Waals surface area (Å²) in [6.45, 7) is 0.0559. The molecule has 3 heterocycles. The van der Waals surface area contributed by atoms with Crippen molar-refractivity contribution in [2.24, 2.45) is 0 Å². The van der Waals surface area contributed by atoms with Gasteiger partial charge in [-0.1, -0.05) is 18.2 Å². The Labute approximate surface area is 155 Å². The molecular weight excluding hydrogens is 441 g/mol. The molecule has 0 radical (unpaired) electrons. The van der Waals surface area contributed by atoms with Gasteiger partial charge in [0, 0.05) is 33.8 Å². The van der Waals surface area contributed by atoms with Gasteiger partial charge in [-0.15, -0.1) is 0 Å². The number of nitrogens with zero attached hydrogens (tertiary/aromatic N) is 2. The van der Waals surface area contributed by atoms with Crippen LogP contribution in [-0.2, 0) is 0 Å². The molecule has 1 aromatic carbocycles. The van der Waals surface area contributed by atoms with Gasteiger partial charge in [-0.3, -0.25) is 0 Å². The highest BCUT2D eigenvalue weighted by atomic mass is 79.9. The van der Waals surface area contributed by atoms with Crippen molar-refractivity contribution in [2.75, 3.05) is 0 Å². The van der Waals surface area contributed by atoms with Gasteiger partial charge in [-0.25, -0.2) is 0 Å². The summed E-state index contributed by atoms with van der Waals surface area (Å²) >= 11 is 6.57. The van der Waals surface area contributed by atoms with Crippen molar-refractivity contribution in [1.29, 1.82) is 0 Å². The van der Waals surface area contributed by atoms with E-state index in [0.717, 1.165) is 31.2 Å². The number of allylic oxidation sites excluding steroid dienone is 2. The molecule has 2 aliphatic rings. The highest BCUT2D eigenvalue weighted by Gasteiger charge is 2.54. The Bertz CT molecular complexity index is 966. The van der Waals surface area contributed by atoms with Gasteiger partial charge in [0.15, 0.2) is 5.70 Å². The maximum atomic E-state index is 15.2. The van der Waals surface area contributed by atoms with Gasteiger partial charge in [0.1, 0.15) is 0 Å². The molecule has 0 fully saturated rings. The molecule has 0 N–H and O–H groups in total. The number of rotatable bonds is 1. The molecule has 0 saturated carbocycles. The van der Waals surface area contributed by atoms with Crippen molar-refractivity contribution in [3.05, 3.63) is 75.2 Å². The number of benzene rings is 1. The molecule has 7 heteroatoms. The second-order valence-electron chi connectivity index (χ2n) is 6.05. The number of fused-ring (bicyclic) bond motifs is 2. The van der Waals surface area contributed by atoms with Crippen LogP contribution in [-0.4, -0.2) is 20.6 Å². The lowest BCUT2D eigenvalue weighted by Gasteiger charge is -2.32. The van der Waals surface area contributed by atoms with Crippen LogP contribution in [0.1, 0.15) is 22.4 Å². The fourth-order valence-corrected chi connectivity index (χ4v) is 4.74. The molecule has 24 heavy (non-hydrogen) atoms. The smallest absolute Gasteiger partial charge is 0.389 e. The standard InChI is InChI=1S/C17H13BBr2F2N2/c1-10-4-3-5-11(2)16(10)17-12-6-8-14(19)23(12)18(21,22)24-13(17)7-9-15(24)20/h3-9H,1-2H3. The Morgan fingerprint density at radius 2 is 1.67 bits per heavy atom. The number of aromatic nitrogens is 1. The normalized spacial score (nSPS) is 18.2. The van der Waals surface area contributed by atoms with Crippen molar-refractivity contribution in [3.8, 4) is 0 Å². The number of hydrogen-bond donors (Lipinski definition) is 0. The summed E-state index contributed by atoms with van der Waals surface area (Å²) < 4.78 is 33.3. The van der Waals surface area contributed by atoms with E-state index in [4.69, 9.17) is 0 Å². The summed E-state index contributed by atoms with van der Waals surface area (Å²) in [5, 5.41) is 0. The topological polar surface area (TPSA) is 7.94 Å². The molecular formula is C17H13BBr2F2N2. The highest BCUT2D eigenvalue weighted by Crippen LogP contribution is 2.43. The molecule has 122 valence electrons. The Kier molecular flexibility index (Phi) is 3.52. The van der Waals surface area contributed by atoms with E-state index in [9.17, 15) is 0 Å². The summed E-state index contributed by atoms with van der Waals surface area (Å²) in [4.78, 5) is 0. The molecule has 2 nitrogen and oxygen atoms in total. The van der Waals surface area contributed by atoms with Crippen LogP contribution in [0.15, 0.2) is 52.8 Å². The molecule has 0 bridgehead atoms. The highest BCUT2D eigenvalue weighted by molar-refractivity contribution is 9.18. The van der Waals surface area contributed by atoms with Gasteiger partial charge in [0.05, 0.1) is 10.2 Å². The number of aryl methyl sites for hydroxylation is 2. The summed E-state index contributed by atoms with van der Waals surface area (Å²) in [5.74, 6) is 0. The predicted molar refractivity (Wildman–Crippen MR) is 101 cm³/mol. The van der Waals surface area contributed by atoms with Gasteiger partial charge in [0.25, 0.3) is 0 Å². The van der Waals surface area contributed by atoms with E-state index >= 15 is 8.63 Å². The first-order valence-electron chi connectivity index (χ1n) is 7.54. The number of halogens is 4. The Morgan fingerprint density at radius 1 is 1.00 bits per heavy atom. The Morgan fingerprint density at radius 3 is 2.33 bits per heavy atom. The minimum atomic E-state index is -3.97.